The molecule has 2 fully saturated rings. The van der Waals surface area contributed by atoms with Gasteiger partial charge in [-0.1, -0.05) is 43.5 Å². The summed E-state index contributed by atoms with van der Waals surface area (Å²) in [5.41, 5.74) is 9.42. The van der Waals surface area contributed by atoms with E-state index in [9.17, 15) is 0 Å². The second kappa shape index (κ2) is 5.87. The lowest BCUT2D eigenvalue weighted by molar-refractivity contribution is -0.0539. The van der Waals surface area contributed by atoms with Crippen LogP contribution in [0.25, 0.3) is 0 Å². The smallest absolute Gasteiger partial charge is 0.0874 e. The molecule has 110 valence electrons. The molecule has 0 aromatic heterocycles. The van der Waals surface area contributed by atoms with Crippen LogP contribution in [0.4, 0.5) is 0 Å². The number of nitrogens with two attached hydrogens (primary N) is 1. The summed E-state index contributed by atoms with van der Waals surface area (Å²) in [4.78, 5) is 0. The van der Waals surface area contributed by atoms with Gasteiger partial charge in [-0.25, -0.2) is 0 Å². The molecular weight excluding hydrogens is 246 g/mol. The quantitative estimate of drug-likeness (QED) is 0.868. The molecular formula is C18H27NO. The summed E-state index contributed by atoms with van der Waals surface area (Å²) in [5, 5.41) is 0. The van der Waals surface area contributed by atoms with Gasteiger partial charge in [0.05, 0.1) is 11.6 Å². The summed E-state index contributed by atoms with van der Waals surface area (Å²) in [6.07, 6.45) is 8.74. The van der Waals surface area contributed by atoms with Crippen LogP contribution in [0.2, 0.25) is 0 Å². The fraction of sp³-hybridized carbons (Fsp3) is 0.667. The zero-order valence-electron chi connectivity index (χ0n) is 12.6. The molecule has 2 heteroatoms. The maximum absolute atomic E-state index is 6.71. The first-order valence-electron chi connectivity index (χ1n) is 8.25. The molecule has 2 saturated carbocycles. The average Bonchev–Trinajstić information content (AvgIpc) is 2.87. The molecule has 0 amide bonds. The van der Waals surface area contributed by atoms with Crippen molar-refractivity contribution in [1.82, 2.24) is 0 Å². The van der Waals surface area contributed by atoms with Crippen LogP contribution < -0.4 is 5.73 Å². The van der Waals surface area contributed by atoms with Crippen LogP contribution in [0.1, 0.15) is 75.0 Å². The maximum atomic E-state index is 6.71. The van der Waals surface area contributed by atoms with E-state index in [2.05, 4.69) is 31.2 Å². The molecule has 0 aliphatic heterocycles. The third-order valence-corrected chi connectivity index (χ3v) is 5.32. The fourth-order valence-electron chi connectivity index (χ4n) is 3.97. The number of benzene rings is 1. The predicted octanol–water partition coefficient (Wildman–Crippen LogP) is 4.30. The van der Waals surface area contributed by atoms with Crippen LogP contribution in [0.3, 0.4) is 0 Å². The molecule has 1 unspecified atom stereocenters. The third-order valence-electron chi connectivity index (χ3n) is 5.32. The van der Waals surface area contributed by atoms with E-state index in [1.807, 2.05) is 0 Å². The van der Waals surface area contributed by atoms with E-state index in [0.717, 1.165) is 25.4 Å². The van der Waals surface area contributed by atoms with Crippen LogP contribution in [-0.4, -0.2) is 12.2 Å². The minimum absolute atomic E-state index is 0.0294. The van der Waals surface area contributed by atoms with E-state index in [1.54, 1.807) is 0 Å². The Kier molecular flexibility index (Phi) is 4.13. The van der Waals surface area contributed by atoms with Gasteiger partial charge >= 0.3 is 0 Å². The summed E-state index contributed by atoms with van der Waals surface area (Å²) in [7, 11) is 0. The number of rotatable bonds is 5. The van der Waals surface area contributed by atoms with E-state index in [1.165, 1.54) is 43.2 Å². The minimum Gasteiger partial charge on any atom is -0.373 e. The SMILES string of the molecule is CCOC1(C(N)c2ccccc2C2CCC2)CCCC1. The molecule has 20 heavy (non-hydrogen) atoms. The van der Waals surface area contributed by atoms with Crippen LogP contribution >= 0.6 is 0 Å². The van der Waals surface area contributed by atoms with E-state index < -0.39 is 0 Å². The number of hydrogen-bond acceptors (Lipinski definition) is 2. The third kappa shape index (κ3) is 2.40. The topological polar surface area (TPSA) is 35.2 Å². The highest BCUT2D eigenvalue weighted by atomic mass is 16.5. The van der Waals surface area contributed by atoms with Gasteiger partial charge in [-0.2, -0.15) is 0 Å². The largest absolute Gasteiger partial charge is 0.373 e. The second-order valence-electron chi connectivity index (χ2n) is 6.44. The van der Waals surface area contributed by atoms with Gasteiger partial charge < -0.3 is 10.5 Å². The van der Waals surface area contributed by atoms with Crippen molar-refractivity contribution in [1.29, 1.82) is 0 Å². The molecule has 0 spiro atoms. The Morgan fingerprint density at radius 3 is 2.50 bits per heavy atom. The fourth-order valence-corrected chi connectivity index (χ4v) is 3.97. The van der Waals surface area contributed by atoms with Crippen LogP contribution in [-0.2, 0) is 4.74 Å². The zero-order chi connectivity index (χ0) is 14.0. The monoisotopic (exact) mass is 273 g/mol. The van der Waals surface area contributed by atoms with Gasteiger partial charge in [0.15, 0.2) is 0 Å². The molecule has 0 saturated heterocycles. The summed E-state index contributed by atoms with van der Waals surface area (Å²) < 4.78 is 6.17. The molecule has 0 radical (unpaired) electrons. The minimum atomic E-state index is -0.116. The molecule has 1 aromatic carbocycles. The standard InChI is InChI=1S/C18H27NO/c1-2-20-18(12-5-6-13-18)17(19)16-11-4-3-10-15(16)14-8-7-9-14/h3-4,10-11,14,17H,2,5-9,12-13,19H2,1H3. The summed E-state index contributed by atoms with van der Waals surface area (Å²) in [5.74, 6) is 0.734. The lowest BCUT2D eigenvalue weighted by Gasteiger charge is -2.38. The van der Waals surface area contributed by atoms with Crippen molar-refractivity contribution in [2.45, 2.75) is 69.4 Å². The first-order chi connectivity index (χ1) is 9.77. The normalized spacial score (nSPS) is 23.5. The molecule has 1 atom stereocenters. The Bertz CT molecular complexity index is 446. The zero-order valence-corrected chi connectivity index (χ0v) is 12.6. The molecule has 2 aliphatic rings. The highest BCUT2D eigenvalue weighted by Crippen LogP contribution is 2.45. The Morgan fingerprint density at radius 2 is 1.90 bits per heavy atom. The lowest BCUT2D eigenvalue weighted by atomic mass is 9.75. The average molecular weight is 273 g/mol. The summed E-state index contributed by atoms with van der Waals surface area (Å²) in [6, 6.07) is 8.84. The Hall–Kier alpha value is -0.860. The van der Waals surface area contributed by atoms with Gasteiger partial charge in [-0.05, 0) is 49.7 Å². The van der Waals surface area contributed by atoms with Crippen molar-refractivity contribution in [3.63, 3.8) is 0 Å². The summed E-state index contributed by atoms with van der Waals surface area (Å²) in [6.45, 7) is 2.85. The second-order valence-corrected chi connectivity index (χ2v) is 6.44. The molecule has 2 aliphatic carbocycles. The van der Waals surface area contributed by atoms with Crippen LogP contribution in [0.15, 0.2) is 24.3 Å². The first-order valence-corrected chi connectivity index (χ1v) is 8.25. The molecule has 3 rings (SSSR count). The van der Waals surface area contributed by atoms with E-state index in [-0.39, 0.29) is 11.6 Å². The van der Waals surface area contributed by atoms with Crippen molar-refractivity contribution in [2.24, 2.45) is 5.73 Å². The Morgan fingerprint density at radius 1 is 1.20 bits per heavy atom. The summed E-state index contributed by atoms with van der Waals surface area (Å²) >= 11 is 0. The Balaban J connectivity index is 1.90. The van der Waals surface area contributed by atoms with Crippen LogP contribution in [0, 0.1) is 0 Å². The van der Waals surface area contributed by atoms with Gasteiger partial charge in [0.1, 0.15) is 0 Å². The van der Waals surface area contributed by atoms with Gasteiger partial charge in [-0.3, -0.25) is 0 Å². The van der Waals surface area contributed by atoms with Gasteiger partial charge in [-0.15, -0.1) is 0 Å². The lowest BCUT2D eigenvalue weighted by Crippen LogP contribution is -2.42. The van der Waals surface area contributed by atoms with E-state index >= 15 is 0 Å². The van der Waals surface area contributed by atoms with Crippen LogP contribution in [0.5, 0.6) is 0 Å². The number of hydrogen-bond donors (Lipinski definition) is 1. The van der Waals surface area contributed by atoms with Crippen molar-refractivity contribution in [3.05, 3.63) is 35.4 Å². The Labute approximate surface area is 122 Å². The molecule has 1 aromatic rings. The highest BCUT2D eigenvalue weighted by Gasteiger charge is 2.42. The van der Waals surface area contributed by atoms with Gasteiger partial charge in [0.2, 0.25) is 0 Å². The predicted molar refractivity (Wildman–Crippen MR) is 82.8 cm³/mol. The van der Waals surface area contributed by atoms with E-state index in [0.29, 0.717) is 0 Å². The van der Waals surface area contributed by atoms with E-state index in [4.69, 9.17) is 10.5 Å². The molecule has 2 nitrogen and oxygen atoms in total. The molecule has 0 bridgehead atoms. The van der Waals surface area contributed by atoms with Crippen molar-refractivity contribution < 1.29 is 4.74 Å². The highest BCUT2D eigenvalue weighted by molar-refractivity contribution is 5.36. The maximum Gasteiger partial charge on any atom is 0.0874 e. The molecule has 2 N–H and O–H groups in total. The van der Waals surface area contributed by atoms with Crippen molar-refractivity contribution in [2.75, 3.05) is 6.61 Å². The number of ether oxygens (including phenoxy) is 1. The van der Waals surface area contributed by atoms with Crippen molar-refractivity contribution >= 4 is 0 Å². The first kappa shape index (κ1) is 14.1. The van der Waals surface area contributed by atoms with Gasteiger partial charge in [0.25, 0.3) is 0 Å². The van der Waals surface area contributed by atoms with Gasteiger partial charge in [0, 0.05) is 6.61 Å². The molecule has 0 heterocycles. The van der Waals surface area contributed by atoms with Crippen molar-refractivity contribution in [3.8, 4) is 0 Å².